The van der Waals surface area contributed by atoms with Gasteiger partial charge >= 0.3 is 6.18 Å². The standard InChI is InChI=1S/C25H20F3N3O/c1-16-13-20(15-29-30-24(32)19-9-5-10-21(14-19)25(26,27)28)17(2)31(16)23-12-6-8-18-7-3-4-11-22(18)23/h3-15H,1-2H3,(H,30,32)/b29-15-. The van der Waals surface area contributed by atoms with E-state index in [1.807, 2.05) is 44.2 Å². The monoisotopic (exact) mass is 435 g/mol. The van der Waals surface area contributed by atoms with Crippen molar-refractivity contribution in [3.63, 3.8) is 0 Å². The number of hydrogen-bond donors (Lipinski definition) is 1. The van der Waals surface area contributed by atoms with Crippen LogP contribution in [0, 0.1) is 13.8 Å². The van der Waals surface area contributed by atoms with Crippen LogP contribution in [0.4, 0.5) is 13.2 Å². The first kappa shape index (κ1) is 21.4. The number of benzene rings is 3. The summed E-state index contributed by atoms with van der Waals surface area (Å²) in [5, 5.41) is 6.20. The lowest BCUT2D eigenvalue weighted by Gasteiger charge is -2.13. The number of hydrazone groups is 1. The van der Waals surface area contributed by atoms with E-state index in [0.29, 0.717) is 0 Å². The zero-order valence-corrected chi connectivity index (χ0v) is 17.4. The van der Waals surface area contributed by atoms with Gasteiger partial charge in [0.2, 0.25) is 0 Å². The third kappa shape index (κ3) is 4.14. The number of aryl methyl sites for hydroxylation is 1. The number of carbonyl (C=O) groups excluding carboxylic acids is 1. The van der Waals surface area contributed by atoms with Gasteiger partial charge in [0.1, 0.15) is 0 Å². The smallest absolute Gasteiger partial charge is 0.317 e. The molecule has 0 aliphatic heterocycles. The number of fused-ring (bicyclic) bond motifs is 1. The Hall–Kier alpha value is -3.87. The fourth-order valence-electron chi connectivity index (χ4n) is 3.75. The summed E-state index contributed by atoms with van der Waals surface area (Å²) in [6, 6.07) is 20.4. The molecule has 7 heteroatoms. The average Bonchev–Trinajstić information content (AvgIpc) is 3.05. The third-order valence-electron chi connectivity index (χ3n) is 5.30. The van der Waals surface area contributed by atoms with E-state index in [4.69, 9.17) is 0 Å². The van der Waals surface area contributed by atoms with Crippen molar-refractivity contribution in [3.05, 3.63) is 101 Å². The van der Waals surface area contributed by atoms with Crippen LogP contribution in [0.2, 0.25) is 0 Å². The summed E-state index contributed by atoms with van der Waals surface area (Å²) in [7, 11) is 0. The quantitative estimate of drug-likeness (QED) is 0.309. The van der Waals surface area contributed by atoms with E-state index >= 15 is 0 Å². The predicted molar refractivity (Wildman–Crippen MR) is 119 cm³/mol. The lowest BCUT2D eigenvalue weighted by Crippen LogP contribution is -2.18. The maximum Gasteiger partial charge on any atom is 0.416 e. The number of halogens is 3. The lowest BCUT2D eigenvalue weighted by molar-refractivity contribution is -0.137. The molecule has 0 fully saturated rings. The van der Waals surface area contributed by atoms with Gasteiger partial charge in [0.05, 0.1) is 17.5 Å². The Kier molecular flexibility index (Phi) is 5.57. The highest BCUT2D eigenvalue weighted by molar-refractivity contribution is 5.95. The fourth-order valence-corrected chi connectivity index (χ4v) is 3.75. The summed E-state index contributed by atoms with van der Waals surface area (Å²) in [5.41, 5.74) is 5.05. The topological polar surface area (TPSA) is 46.4 Å². The molecule has 1 amide bonds. The number of rotatable bonds is 4. The average molecular weight is 435 g/mol. The largest absolute Gasteiger partial charge is 0.416 e. The van der Waals surface area contributed by atoms with Gasteiger partial charge < -0.3 is 4.57 Å². The summed E-state index contributed by atoms with van der Waals surface area (Å²) < 4.78 is 40.7. The van der Waals surface area contributed by atoms with E-state index in [1.165, 1.54) is 18.3 Å². The summed E-state index contributed by atoms with van der Waals surface area (Å²) in [6.07, 6.45) is -3.02. The van der Waals surface area contributed by atoms with Crippen LogP contribution in [0.15, 0.2) is 77.9 Å². The first-order chi connectivity index (χ1) is 15.3. The molecule has 0 unspecified atom stereocenters. The first-order valence-electron chi connectivity index (χ1n) is 9.93. The number of nitrogens with one attached hydrogen (secondary N) is 1. The van der Waals surface area contributed by atoms with Crippen molar-refractivity contribution in [2.75, 3.05) is 0 Å². The number of alkyl halides is 3. The van der Waals surface area contributed by atoms with E-state index < -0.39 is 17.6 Å². The number of amides is 1. The molecule has 0 bridgehead atoms. The van der Waals surface area contributed by atoms with Crippen molar-refractivity contribution < 1.29 is 18.0 Å². The van der Waals surface area contributed by atoms with Crippen LogP contribution in [0.3, 0.4) is 0 Å². The first-order valence-corrected chi connectivity index (χ1v) is 9.93. The van der Waals surface area contributed by atoms with Gasteiger partial charge in [0, 0.05) is 27.9 Å². The van der Waals surface area contributed by atoms with Crippen molar-refractivity contribution in [1.82, 2.24) is 9.99 Å². The van der Waals surface area contributed by atoms with Crippen molar-refractivity contribution in [1.29, 1.82) is 0 Å². The van der Waals surface area contributed by atoms with Gasteiger partial charge in [-0.15, -0.1) is 0 Å². The molecule has 0 atom stereocenters. The second kappa shape index (κ2) is 8.34. The number of hydrogen-bond acceptors (Lipinski definition) is 2. The van der Waals surface area contributed by atoms with Gasteiger partial charge in [0.15, 0.2) is 0 Å². The van der Waals surface area contributed by atoms with Crippen LogP contribution < -0.4 is 5.43 Å². The second-order valence-electron chi connectivity index (χ2n) is 7.44. The molecule has 4 rings (SSSR count). The molecule has 4 nitrogen and oxygen atoms in total. The Morgan fingerprint density at radius 2 is 1.69 bits per heavy atom. The van der Waals surface area contributed by atoms with E-state index in [0.717, 1.165) is 45.5 Å². The Morgan fingerprint density at radius 1 is 0.969 bits per heavy atom. The zero-order chi connectivity index (χ0) is 22.9. The Balaban J connectivity index is 1.58. The van der Waals surface area contributed by atoms with Gasteiger partial charge in [-0.2, -0.15) is 18.3 Å². The predicted octanol–water partition coefficient (Wildman–Crippen LogP) is 6.03. The minimum atomic E-state index is -4.52. The summed E-state index contributed by atoms with van der Waals surface area (Å²) in [4.78, 5) is 12.2. The van der Waals surface area contributed by atoms with Crippen LogP contribution in [0.5, 0.6) is 0 Å². The molecule has 0 saturated heterocycles. The molecule has 0 saturated carbocycles. The van der Waals surface area contributed by atoms with Gasteiger partial charge in [-0.25, -0.2) is 5.43 Å². The summed E-state index contributed by atoms with van der Waals surface area (Å²) in [5.74, 6) is -0.713. The molecule has 0 spiro atoms. The zero-order valence-electron chi connectivity index (χ0n) is 17.4. The molecular formula is C25H20F3N3O. The molecule has 162 valence electrons. The van der Waals surface area contributed by atoms with Gasteiger partial charge in [-0.1, -0.05) is 42.5 Å². The van der Waals surface area contributed by atoms with Gasteiger partial charge in [-0.05, 0) is 49.6 Å². The van der Waals surface area contributed by atoms with Crippen LogP contribution in [0.25, 0.3) is 16.5 Å². The molecule has 0 aliphatic carbocycles. The number of nitrogens with zero attached hydrogens (tertiary/aromatic N) is 2. The molecule has 0 radical (unpaired) electrons. The molecule has 32 heavy (non-hydrogen) atoms. The highest BCUT2D eigenvalue weighted by atomic mass is 19.4. The minimum Gasteiger partial charge on any atom is -0.317 e. The lowest BCUT2D eigenvalue weighted by atomic mass is 10.1. The molecule has 1 heterocycles. The summed E-state index contributed by atoms with van der Waals surface area (Å²) >= 11 is 0. The molecule has 3 aromatic carbocycles. The van der Waals surface area contributed by atoms with Crippen molar-refractivity contribution in [2.45, 2.75) is 20.0 Å². The Bertz CT molecular complexity index is 1330. The van der Waals surface area contributed by atoms with E-state index in [-0.39, 0.29) is 5.56 Å². The van der Waals surface area contributed by atoms with Crippen molar-refractivity contribution in [2.24, 2.45) is 5.10 Å². The highest BCUT2D eigenvalue weighted by Gasteiger charge is 2.30. The normalized spacial score (nSPS) is 11.9. The minimum absolute atomic E-state index is 0.113. The van der Waals surface area contributed by atoms with E-state index in [2.05, 4.69) is 33.3 Å². The molecule has 1 aromatic heterocycles. The third-order valence-corrected chi connectivity index (χ3v) is 5.30. The molecular weight excluding hydrogens is 415 g/mol. The Morgan fingerprint density at radius 3 is 2.47 bits per heavy atom. The van der Waals surface area contributed by atoms with Crippen molar-refractivity contribution >= 4 is 22.9 Å². The summed E-state index contributed by atoms with van der Waals surface area (Å²) in [6.45, 7) is 3.93. The molecule has 1 N–H and O–H groups in total. The maximum atomic E-state index is 12.9. The number of aromatic nitrogens is 1. The molecule has 4 aromatic rings. The van der Waals surface area contributed by atoms with Crippen LogP contribution in [-0.2, 0) is 6.18 Å². The highest BCUT2D eigenvalue weighted by Crippen LogP contribution is 2.29. The van der Waals surface area contributed by atoms with Crippen LogP contribution in [0.1, 0.15) is 32.9 Å². The van der Waals surface area contributed by atoms with E-state index in [9.17, 15) is 18.0 Å². The SMILES string of the molecule is Cc1cc(/C=N\NC(=O)c2cccc(C(F)(F)F)c2)c(C)n1-c1cccc2ccccc12. The second-order valence-corrected chi connectivity index (χ2v) is 7.44. The maximum absolute atomic E-state index is 12.9. The van der Waals surface area contributed by atoms with Gasteiger partial charge in [-0.3, -0.25) is 4.79 Å². The van der Waals surface area contributed by atoms with Crippen LogP contribution >= 0.6 is 0 Å². The van der Waals surface area contributed by atoms with Crippen molar-refractivity contribution in [3.8, 4) is 5.69 Å². The fraction of sp³-hybridized carbons (Fsp3) is 0.120. The Labute approximate surface area is 183 Å². The number of carbonyl (C=O) groups is 1. The molecule has 0 aliphatic rings. The van der Waals surface area contributed by atoms with Gasteiger partial charge in [0.25, 0.3) is 5.91 Å². The van der Waals surface area contributed by atoms with Crippen LogP contribution in [-0.4, -0.2) is 16.7 Å². The van der Waals surface area contributed by atoms with E-state index in [1.54, 1.807) is 0 Å².